The average molecular weight is 345 g/mol. The van der Waals surface area contributed by atoms with Gasteiger partial charge in [-0.25, -0.2) is 4.79 Å². The fourth-order valence-corrected chi connectivity index (χ4v) is 3.04. The van der Waals surface area contributed by atoms with E-state index >= 15 is 0 Å². The van der Waals surface area contributed by atoms with E-state index < -0.39 is 5.97 Å². The van der Waals surface area contributed by atoms with Crippen LogP contribution >= 0.6 is 0 Å². The summed E-state index contributed by atoms with van der Waals surface area (Å²) in [6.45, 7) is 8.00. The van der Waals surface area contributed by atoms with Gasteiger partial charge in [-0.3, -0.25) is 0 Å². The van der Waals surface area contributed by atoms with Crippen molar-refractivity contribution in [1.82, 2.24) is 15.4 Å². The Labute approximate surface area is 150 Å². The van der Waals surface area contributed by atoms with Gasteiger partial charge in [-0.1, -0.05) is 52.7 Å². The molecule has 0 saturated carbocycles. The first-order valence-corrected chi connectivity index (χ1v) is 9.46. The number of aromatic nitrogens is 3. The summed E-state index contributed by atoms with van der Waals surface area (Å²) in [6.07, 6.45) is 6.63. The third kappa shape index (κ3) is 6.00. The van der Waals surface area contributed by atoms with E-state index in [-0.39, 0.29) is 0 Å². The number of nitrogens with zero attached hydrogens (tertiary/aromatic N) is 2. The highest BCUT2D eigenvalue weighted by Crippen LogP contribution is 2.30. The van der Waals surface area contributed by atoms with Crippen molar-refractivity contribution < 1.29 is 9.90 Å². The maximum atomic E-state index is 10.9. The van der Waals surface area contributed by atoms with Crippen LogP contribution in [0.2, 0.25) is 0 Å². The predicted molar refractivity (Wildman–Crippen MR) is 101 cm³/mol. The third-order valence-corrected chi connectivity index (χ3v) is 4.19. The van der Waals surface area contributed by atoms with E-state index in [2.05, 4.69) is 15.4 Å². The fraction of sp³-hybridized carbons (Fsp3) is 0.550. The summed E-state index contributed by atoms with van der Waals surface area (Å²) < 4.78 is 0. The van der Waals surface area contributed by atoms with Gasteiger partial charge in [0.1, 0.15) is 0 Å². The SMILES string of the molecule is CC.CC.O=C(O)c1ccc(CC2CCCCCc3n[nH]nc32)cc1. The number of aromatic amines is 1. The van der Waals surface area contributed by atoms with Crippen molar-refractivity contribution in [3.63, 3.8) is 0 Å². The smallest absolute Gasteiger partial charge is 0.335 e. The maximum absolute atomic E-state index is 10.9. The van der Waals surface area contributed by atoms with Crippen LogP contribution in [-0.4, -0.2) is 26.5 Å². The Hall–Kier alpha value is -2.17. The molecule has 0 spiro atoms. The summed E-state index contributed by atoms with van der Waals surface area (Å²) in [5.41, 5.74) is 3.68. The second-order valence-electron chi connectivity index (χ2n) is 5.66. The molecule has 0 amide bonds. The summed E-state index contributed by atoms with van der Waals surface area (Å²) in [7, 11) is 0. The monoisotopic (exact) mass is 345 g/mol. The predicted octanol–water partition coefficient (Wildman–Crippen LogP) is 5.00. The van der Waals surface area contributed by atoms with Crippen molar-refractivity contribution in [2.45, 2.75) is 72.1 Å². The number of benzene rings is 1. The van der Waals surface area contributed by atoms with E-state index in [4.69, 9.17) is 5.11 Å². The van der Waals surface area contributed by atoms with Gasteiger partial charge in [-0.15, -0.1) is 0 Å². The number of rotatable bonds is 3. The zero-order valence-corrected chi connectivity index (χ0v) is 15.9. The molecule has 3 rings (SSSR count). The number of nitrogens with one attached hydrogen (secondary N) is 1. The number of carbonyl (C=O) groups is 1. The number of hydrogen-bond acceptors (Lipinski definition) is 3. The number of carboxylic acids is 1. The van der Waals surface area contributed by atoms with Crippen molar-refractivity contribution in [3.8, 4) is 0 Å². The van der Waals surface area contributed by atoms with Gasteiger partial charge in [0.2, 0.25) is 0 Å². The Kier molecular flexibility index (Phi) is 9.51. The topological polar surface area (TPSA) is 78.9 Å². The minimum Gasteiger partial charge on any atom is -0.478 e. The average Bonchev–Trinajstić information content (AvgIpc) is 3.10. The minimum absolute atomic E-state index is 0.332. The zero-order chi connectivity index (χ0) is 18.7. The highest BCUT2D eigenvalue weighted by atomic mass is 16.4. The first kappa shape index (κ1) is 20.9. The molecule has 0 bridgehead atoms. The van der Waals surface area contributed by atoms with Gasteiger partial charge in [0.25, 0.3) is 0 Å². The van der Waals surface area contributed by atoms with Crippen LogP contribution < -0.4 is 0 Å². The molecule has 5 heteroatoms. The van der Waals surface area contributed by atoms with Gasteiger partial charge in [-0.2, -0.15) is 15.4 Å². The van der Waals surface area contributed by atoms with E-state index in [1.54, 1.807) is 12.1 Å². The highest BCUT2D eigenvalue weighted by molar-refractivity contribution is 5.87. The van der Waals surface area contributed by atoms with Crippen molar-refractivity contribution >= 4 is 5.97 Å². The van der Waals surface area contributed by atoms with Crippen molar-refractivity contribution in [2.24, 2.45) is 0 Å². The van der Waals surface area contributed by atoms with E-state index in [1.165, 1.54) is 19.3 Å². The summed E-state index contributed by atoms with van der Waals surface area (Å²) in [5.74, 6) is -0.513. The van der Waals surface area contributed by atoms with E-state index in [1.807, 2.05) is 39.8 Å². The highest BCUT2D eigenvalue weighted by Gasteiger charge is 2.21. The summed E-state index contributed by atoms with van der Waals surface area (Å²) in [5, 5.41) is 20.3. The Morgan fingerprint density at radius 1 is 1.08 bits per heavy atom. The molecule has 1 aliphatic rings. The fourth-order valence-electron chi connectivity index (χ4n) is 3.04. The Balaban J connectivity index is 0.000000730. The molecule has 1 aromatic heterocycles. The minimum atomic E-state index is -0.883. The lowest BCUT2D eigenvalue weighted by molar-refractivity contribution is 0.0697. The van der Waals surface area contributed by atoms with E-state index in [0.29, 0.717) is 11.5 Å². The van der Waals surface area contributed by atoms with Crippen LogP contribution in [0, 0.1) is 0 Å². The van der Waals surface area contributed by atoms with Crippen molar-refractivity contribution in [2.75, 3.05) is 0 Å². The molecule has 0 fully saturated rings. The number of aryl methyl sites for hydroxylation is 1. The molecule has 1 aliphatic carbocycles. The summed E-state index contributed by atoms with van der Waals surface area (Å²) >= 11 is 0. The molecule has 1 atom stereocenters. The van der Waals surface area contributed by atoms with Crippen molar-refractivity contribution in [1.29, 1.82) is 0 Å². The lowest BCUT2D eigenvalue weighted by Gasteiger charge is -2.18. The quantitative estimate of drug-likeness (QED) is 0.820. The standard InChI is InChI=1S/C16H19N3O2.2C2H6/c20-16(21)12-8-6-11(7-9-12)10-13-4-2-1-3-5-14-15(13)18-19-17-14;2*1-2/h6-9,13H,1-5,10H2,(H,20,21)(H,17,18,19);2*1-2H3. The first-order chi connectivity index (χ1) is 12.2. The molecular formula is C20H31N3O2. The molecule has 138 valence electrons. The largest absolute Gasteiger partial charge is 0.478 e. The Morgan fingerprint density at radius 2 is 1.76 bits per heavy atom. The number of hydrogen-bond donors (Lipinski definition) is 2. The van der Waals surface area contributed by atoms with Gasteiger partial charge in [0.05, 0.1) is 17.0 Å². The van der Waals surface area contributed by atoms with Gasteiger partial charge < -0.3 is 5.11 Å². The lowest BCUT2D eigenvalue weighted by atomic mass is 9.87. The lowest BCUT2D eigenvalue weighted by Crippen LogP contribution is -2.09. The van der Waals surface area contributed by atoms with Crippen LogP contribution in [-0.2, 0) is 12.8 Å². The van der Waals surface area contributed by atoms with Gasteiger partial charge in [0.15, 0.2) is 0 Å². The zero-order valence-electron chi connectivity index (χ0n) is 15.9. The molecule has 2 aromatic rings. The molecule has 0 aliphatic heterocycles. The first-order valence-electron chi connectivity index (χ1n) is 9.46. The van der Waals surface area contributed by atoms with Crippen LogP contribution in [0.5, 0.6) is 0 Å². The number of H-pyrrole nitrogens is 1. The molecule has 0 saturated heterocycles. The van der Waals surface area contributed by atoms with Crippen LogP contribution in [0.3, 0.4) is 0 Å². The molecule has 2 N–H and O–H groups in total. The van der Waals surface area contributed by atoms with Crippen LogP contribution in [0.15, 0.2) is 24.3 Å². The molecular weight excluding hydrogens is 314 g/mol. The Morgan fingerprint density at radius 3 is 2.40 bits per heavy atom. The molecule has 5 nitrogen and oxygen atoms in total. The van der Waals surface area contributed by atoms with Gasteiger partial charge >= 0.3 is 5.97 Å². The normalized spacial score (nSPS) is 16.1. The van der Waals surface area contributed by atoms with E-state index in [0.717, 1.165) is 36.2 Å². The molecule has 1 unspecified atom stereocenters. The van der Waals surface area contributed by atoms with Crippen LogP contribution in [0.4, 0.5) is 0 Å². The second-order valence-corrected chi connectivity index (χ2v) is 5.66. The number of fused-ring (bicyclic) bond motifs is 1. The second kappa shape index (κ2) is 11.4. The molecule has 0 radical (unpaired) electrons. The molecule has 25 heavy (non-hydrogen) atoms. The molecule has 1 heterocycles. The summed E-state index contributed by atoms with van der Waals surface area (Å²) in [6, 6.07) is 7.15. The Bertz CT molecular complexity index is 620. The third-order valence-electron chi connectivity index (χ3n) is 4.19. The molecule has 1 aromatic carbocycles. The summed E-state index contributed by atoms with van der Waals surface area (Å²) in [4.78, 5) is 10.9. The van der Waals surface area contributed by atoms with Gasteiger partial charge in [-0.05, 0) is 43.4 Å². The number of carboxylic acid groups (broad SMARTS) is 1. The van der Waals surface area contributed by atoms with Crippen LogP contribution in [0.1, 0.15) is 86.6 Å². The maximum Gasteiger partial charge on any atom is 0.335 e. The van der Waals surface area contributed by atoms with Gasteiger partial charge in [0, 0.05) is 5.92 Å². The van der Waals surface area contributed by atoms with Crippen molar-refractivity contribution in [3.05, 3.63) is 46.8 Å². The number of aromatic carboxylic acids is 1. The van der Waals surface area contributed by atoms with E-state index in [9.17, 15) is 4.79 Å². The van der Waals surface area contributed by atoms with Crippen LogP contribution in [0.25, 0.3) is 0 Å².